The lowest BCUT2D eigenvalue weighted by molar-refractivity contribution is -0.00160. The molecular formula is C28H33FN4. The topological polar surface area (TPSA) is 41.9 Å². The average molecular weight is 445 g/mol. The van der Waals surface area contributed by atoms with Crippen molar-refractivity contribution in [3.05, 3.63) is 89.5 Å². The van der Waals surface area contributed by atoms with Crippen molar-refractivity contribution >= 4 is 0 Å². The molecule has 0 bridgehead atoms. The van der Waals surface area contributed by atoms with Gasteiger partial charge in [0.1, 0.15) is 5.82 Å². The van der Waals surface area contributed by atoms with Crippen LogP contribution in [-0.4, -0.2) is 31.9 Å². The Labute approximate surface area is 196 Å². The molecule has 172 valence electrons. The molecule has 1 unspecified atom stereocenters. The third-order valence-electron chi connectivity index (χ3n) is 7.85. The summed E-state index contributed by atoms with van der Waals surface area (Å²) >= 11 is 0. The molecule has 2 aliphatic rings. The Balaban J connectivity index is 1.43. The average Bonchev–Trinajstić information content (AvgIpc) is 3.61. The van der Waals surface area contributed by atoms with Crippen LogP contribution in [0.5, 0.6) is 0 Å². The van der Waals surface area contributed by atoms with Crippen LogP contribution < -0.4 is 0 Å². The molecule has 0 N–H and O–H groups in total. The van der Waals surface area contributed by atoms with Crippen LogP contribution in [0.4, 0.5) is 4.39 Å². The Kier molecular flexibility index (Phi) is 5.77. The van der Waals surface area contributed by atoms with E-state index in [2.05, 4.69) is 59.2 Å². The van der Waals surface area contributed by atoms with Gasteiger partial charge in [0.2, 0.25) is 0 Å². The van der Waals surface area contributed by atoms with Crippen LogP contribution in [-0.2, 0) is 17.4 Å². The number of rotatable bonds is 6. The van der Waals surface area contributed by atoms with E-state index in [-0.39, 0.29) is 16.8 Å². The monoisotopic (exact) mass is 444 g/mol. The fourth-order valence-electron chi connectivity index (χ4n) is 6.39. The first-order chi connectivity index (χ1) is 15.9. The van der Waals surface area contributed by atoms with E-state index in [1.807, 2.05) is 25.3 Å². The van der Waals surface area contributed by atoms with Crippen molar-refractivity contribution in [1.29, 1.82) is 0 Å². The third-order valence-corrected chi connectivity index (χ3v) is 7.85. The summed E-state index contributed by atoms with van der Waals surface area (Å²) in [5.41, 5.74) is 4.64. The molecule has 0 radical (unpaired) electrons. The molecule has 0 amide bonds. The largest absolute Gasteiger partial charge is 0.288 e. The van der Waals surface area contributed by atoms with Gasteiger partial charge < -0.3 is 0 Å². The first kappa shape index (κ1) is 22.1. The van der Waals surface area contributed by atoms with Crippen LogP contribution in [0.25, 0.3) is 0 Å². The number of piperidine rings is 1. The van der Waals surface area contributed by atoms with Crippen molar-refractivity contribution in [2.24, 2.45) is 0 Å². The SMILES string of the molecule is Cc1ccc(C2(N3[C@H](C)CC(CCc4ccc(F)cn4)(c4ccccn4)C[C@@H]3C)CC2)cn1. The number of halogens is 1. The molecule has 1 aliphatic heterocycles. The van der Waals surface area contributed by atoms with Gasteiger partial charge in [-0.3, -0.25) is 19.9 Å². The number of hydrogen-bond donors (Lipinski definition) is 0. The van der Waals surface area contributed by atoms with Gasteiger partial charge in [-0.05, 0) is 95.2 Å². The van der Waals surface area contributed by atoms with Crippen molar-refractivity contribution in [3.63, 3.8) is 0 Å². The highest BCUT2D eigenvalue weighted by molar-refractivity contribution is 5.31. The summed E-state index contributed by atoms with van der Waals surface area (Å²) in [7, 11) is 0. The van der Waals surface area contributed by atoms with Crippen molar-refractivity contribution in [2.75, 3.05) is 0 Å². The van der Waals surface area contributed by atoms with E-state index in [0.717, 1.165) is 37.1 Å². The van der Waals surface area contributed by atoms with Gasteiger partial charge in [-0.15, -0.1) is 0 Å². The summed E-state index contributed by atoms with van der Waals surface area (Å²) < 4.78 is 13.4. The van der Waals surface area contributed by atoms with Gasteiger partial charge in [-0.2, -0.15) is 0 Å². The van der Waals surface area contributed by atoms with E-state index in [9.17, 15) is 4.39 Å². The molecule has 3 atom stereocenters. The number of nitrogens with zero attached hydrogens (tertiary/aromatic N) is 4. The molecule has 3 aromatic heterocycles. The van der Waals surface area contributed by atoms with E-state index in [0.29, 0.717) is 12.1 Å². The molecule has 33 heavy (non-hydrogen) atoms. The van der Waals surface area contributed by atoms with Crippen LogP contribution in [0.2, 0.25) is 0 Å². The van der Waals surface area contributed by atoms with Crippen molar-refractivity contribution in [3.8, 4) is 0 Å². The summed E-state index contributed by atoms with van der Waals surface area (Å²) in [5.74, 6) is -0.283. The van der Waals surface area contributed by atoms with Crippen LogP contribution in [0.15, 0.2) is 61.1 Å². The van der Waals surface area contributed by atoms with Crippen LogP contribution >= 0.6 is 0 Å². The lowest BCUT2D eigenvalue weighted by Crippen LogP contribution is -2.56. The molecule has 2 fully saturated rings. The second-order valence-corrected chi connectivity index (χ2v) is 10.2. The van der Waals surface area contributed by atoms with Crippen molar-refractivity contribution in [2.45, 2.75) is 82.3 Å². The molecule has 5 rings (SSSR count). The van der Waals surface area contributed by atoms with E-state index in [1.54, 1.807) is 0 Å². The van der Waals surface area contributed by atoms with Crippen LogP contribution in [0, 0.1) is 12.7 Å². The lowest BCUT2D eigenvalue weighted by Gasteiger charge is -2.52. The normalized spacial score (nSPS) is 26.8. The fourth-order valence-corrected chi connectivity index (χ4v) is 6.39. The van der Waals surface area contributed by atoms with Gasteiger partial charge in [0, 0.05) is 52.5 Å². The molecule has 0 aromatic carbocycles. The predicted molar refractivity (Wildman–Crippen MR) is 128 cm³/mol. The predicted octanol–water partition coefficient (Wildman–Crippen LogP) is 5.75. The summed E-state index contributed by atoms with van der Waals surface area (Å²) in [5, 5.41) is 0. The maximum atomic E-state index is 13.4. The zero-order valence-corrected chi connectivity index (χ0v) is 19.8. The molecule has 1 saturated heterocycles. The second-order valence-electron chi connectivity index (χ2n) is 10.2. The number of hydrogen-bond acceptors (Lipinski definition) is 4. The molecule has 1 saturated carbocycles. The summed E-state index contributed by atoms with van der Waals surface area (Å²) in [6, 6.07) is 14.8. The highest BCUT2D eigenvalue weighted by Gasteiger charge is 2.56. The second kappa shape index (κ2) is 8.60. The zero-order valence-electron chi connectivity index (χ0n) is 19.8. The van der Waals surface area contributed by atoms with Gasteiger partial charge in [0.25, 0.3) is 0 Å². The zero-order chi connectivity index (χ0) is 23.1. The smallest absolute Gasteiger partial charge is 0.141 e. The molecule has 1 aliphatic carbocycles. The first-order valence-electron chi connectivity index (χ1n) is 12.2. The number of likely N-dealkylation sites (tertiary alicyclic amines) is 1. The minimum absolute atomic E-state index is 0.0196. The molecule has 4 nitrogen and oxygen atoms in total. The highest BCUT2D eigenvalue weighted by Crippen LogP contribution is 2.57. The lowest BCUT2D eigenvalue weighted by atomic mass is 9.67. The number of aryl methyl sites for hydroxylation is 2. The maximum Gasteiger partial charge on any atom is 0.141 e. The Morgan fingerprint density at radius 1 is 0.939 bits per heavy atom. The van der Waals surface area contributed by atoms with E-state index in [4.69, 9.17) is 4.98 Å². The van der Waals surface area contributed by atoms with Gasteiger partial charge >= 0.3 is 0 Å². The molecule has 0 spiro atoms. The van der Waals surface area contributed by atoms with E-state index >= 15 is 0 Å². The standard InChI is InChI=1S/C28H33FN4/c1-20-7-8-23(18-31-20)28(13-14-28)33-21(2)16-27(17-22(33)3,26-6-4-5-15-30-26)12-11-25-10-9-24(29)19-32-25/h4-10,15,18-19,21-22H,11-14,16-17H2,1-3H3/t21-,22+,27?. The number of aromatic nitrogens is 3. The van der Waals surface area contributed by atoms with Crippen molar-refractivity contribution < 1.29 is 4.39 Å². The van der Waals surface area contributed by atoms with E-state index in [1.165, 1.54) is 36.4 Å². The minimum Gasteiger partial charge on any atom is -0.288 e. The van der Waals surface area contributed by atoms with Gasteiger partial charge in [0.15, 0.2) is 0 Å². The Bertz CT molecular complexity index is 1070. The molecule has 5 heteroatoms. The third kappa shape index (κ3) is 4.19. The minimum atomic E-state index is -0.283. The summed E-state index contributed by atoms with van der Waals surface area (Å²) in [6.07, 6.45) is 11.6. The Hall–Kier alpha value is -2.66. The summed E-state index contributed by atoms with van der Waals surface area (Å²) in [6.45, 7) is 6.81. The van der Waals surface area contributed by atoms with Crippen LogP contribution in [0.3, 0.4) is 0 Å². The Morgan fingerprint density at radius 3 is 2.30 bits per heavy atom. The highest BCUT2D eigenvalue weighted by atomic mass is 19.1. The molecule has 3 aromatic rings. The quantitative estimate of drug-likeness (QED) is 0.485. The van der Waals surface area contributed by atoms with Crippen LogP contribution in [0.1, 0.15) is 68.6 Å². The van der Waals surface area contributed by atoms with Gasteiger partial charge in [-0.1, -0.05) is 12.1 Å². The number of pyridine rings is 3. The van der Waals surface area contributed by atoms with Gasteiger partial charge in [0.05, 0.1) is 6.20 Å². The molecular weight excluding hydrogens is 411 g/mol. The maximum absolute atomic E-state index is 13.4. The molecule has 4 heterocycles. The summed E-state index contributed by atoms with van der Waals surface area (Å²) in [4.78, 5) is 16.5. The Morgan fingerprint density at radius 2 is 1.73 bits per heavy atom. The fraction of sp³-hybridized carbons (Fsp3) is 0.464. The van der Waals surface area contributed by atoms with Crippen molar-refractivity contribution in [1.82, 2.24) is 19.9 Å². The van der Waals surface area contributed by atoms with Gasteiger partial charge in [-0.25, -0.2) is 4.39 Å². The van der Waals surface area contributed by atoms with E-state index < -0.39 is 0 Å². The first-order valence-corrected chi connectivity index (χ1v) is 12.2.